The van der Waals surface area contributed by atoms with Crippen LogP contribution in [0.5, 0.6) is 0 Å². The lowest BCUT2D eigenvalue weighted by Gasteiger charge is -2.23. The topological polar surface area (TPSA) is 49.3 Å². The Balaban J connectivity index is 2.46. The Morgan fingerprint density at radius 2 is 2.36 bits per heavy atom. The van der Waals surface area contributed by atoms with Crippen LogP contribution in [-0.2, 0) is 11.2 Å². The second-order valence-corrected chi connectivity index (χ2v) is 3.75. The maximum atomic E-state index is 10.9. The molecule has 2 N–H and O–H groups in total. The van der Waals surface area contributed by atoms with Crippen molar-refractivity contribution in [3.63, 3.8) is 0 Å². The maximum absolute atomic E-state index is 10.9. The highest BCUT2D eigenvalue weighted by molar-refractivity contribution is 6.30. The fourth-order valence-electron chi connectivity index (χ4n) is 1.74. The van der Waals surface area contributed by atoms with Gasteiger partial charge in [-0.15, -0.1) is 0 Å². The van der Waals surface area contributed by atoms with Gasteiger partial charge >= 0.3 is 5.97 Å². The predicted molar refractivity (Wildman–Crippen MR) is 53.5 cm³/mol. The molecule has 14 heavy (non-hydrogen) atoms. The van der Waals surface area contributed by atoms with E-state index in [0.29, 0.717) is 11.6 Å². The molecule has 4 heteroatoms. The van der Waals surface area contributed by atoms with Crippen LogP contribution < -0.4 is 5.32 Å². The molecule has 0 saturated heterocycles. The molecule has 1 heterocycles. The molecule has 0 spiro atoms. The summed E-state index contributed by atoms with van der Waals surface area (Å²) in [6.07, 6.45) is 0.857. The number of nitrogens with one attached hydrogen (secondary N) is 1. The van der Waals surface area contributed by atoms with Gasteiger partial charge in [-0.2, -0.15) is 0 Å². The first-order valence-corrected chi connectivity index (χ1v) is 4.81. The van der Waals surface area contributed by atoms with Gasteiger partial charge in [0.1, 0.15) is 6.04 Å². The van der Waals surface area contributed by atoms with E-state index in [1.54, 1.807) is 12.1 Å². The highest BCUT2D eigenvalue weighted by Crippen LogP contribution is 2.25. The van der Waals surface area contributed by atoms with Gasteiger partial charge < -0.3 is 10.4 Å². The highest BCUT2D eigenvalue weighted by atomic mass is 35.5. The first-order valence-electron chi connectivity index (χ1n) is 4.43. The first kappa shape index (κ1) is 9.49. The summed E-state index contributed by atoms with van der Waals surface area (Å²) in [4.78, 5) is 10.9. The Morgan fingerprint density at radius 3 is 3.07 bits per heavy atom. The van der Waals surface area contributed by atoms with Crippen LogP contribution in [0.25, 0.3) is 0 Å². The molecule has 0 fully saturated rings. The second kappa shape index (κ2) is 3.59. The summed E-state index contributed by atoms with van der Waals surface area (Å²) in [7, 11) is 0. The van der Waals surface area contributed by atoms with E-state index in [4.69, 9.17) is 16.7 Å². The van der Waals surface area contributed by atoms with Crippen LogP contribution in [0.3, 0.4) is 0 Å². The first-order chi connectivity index (χ1) is 6.68. The molecule has 0 unspecified atom stereocenters. The van der Waals surface area contributed by atoms with E-state index < -0.39 is 12.0 Å². The van der Waals surface area contributed by atoms with Crippen LogP contribution in [0.2, 0.25) is 5.02 Å². The van der Waals surface area contributed by atoms with Gasteiger partial charge in [-0.25, -0.2) is 0 Å². The van der Waals surface area contributed by atoms with Gasteiger partial charge in [0, 0.05) is 11.6 Å². The Bertz CT molecular complexity index is 378. The number of carboxylic acids is 1. The zero-order valence-electron chi connectivity index (χ0n) is 7.46. The number of hydrogen-bond acceptors (Lipinski definition) is 2. The van der Waals surface area contributed by atoms with Crippen LogP contribution in [0.4, 0.5) is 0 Å². The van der Waals surface area contributed by atoms with Crippen LogP contribution in [0, 0.1) is 0 Å². The monoisotopic (exact) mass is 211 g/mol. The van der Waals surface area contributed by atoms with E-state index in [0.717, 1.165) is 17.5 Å². The number of benzene rings is 1. The number of fused-ring (bicyclic) bond motifs is 1. The molecule has 1 aromatic rings. The molecule has 1 aromatic carbocycles. The number of hydrogen-bond donors (Lipinski definition) is 2. The van der Waals surface area contributed by atoms with E-state index in [-0.39, 0.29) is 0 Å². The van der Waals surface area contributed by atoms with Crippen LogP contribution in [0.15, 0.2) is 18.2 Å². The maximum Gasteiger partial charge on any atom is 0.325 e. The summed E-state index contributed by atoms with van der Waals surface area (Å²) < 4.78 is 0. The third-order valence-electron chi connectivity index (χ3n) is 2.41. The summed E-state index contributed by atoms with van der Waals surface area (Å²) in [5, 5.41) is 12.5. The van der Waals surface area contributed by atoms with Gasteiger partial charge in [0.05, 0.1) is 0 Å². The minimum absolute atomic E-state index is 0.582. The average molecular weight is 212 g/mol. The molecular weight excluding hydrogens is 202 g/mol. The molecular formula is C10H10ClNO2. The van der Waals surface area contributed by atoms with E-state index in [9.17, 15) is 4.79 Å². The zero-order chi connectivity index (χ0) is 10.1. The normalized spacial score (nSPS) is 20.2. The Kier molecular flexibility index (Phi) is 2.44. The molecule has 0 saturated carbocycles. The minimum atomic E-state index is -0.854. The minimum Gasteiger partial charge on any atom is -0.480 e. The average Bonchev–Trinajstić information content (AvgIpc) is 2.16. The largest absolute Gasteiger partial charge is 0.480 e. The van der Waals surface area contributed by atoms with Crippen molar-refractivity contribution in [1.82, 2.24) is 5.32 Å². The summed E-state index contributed by atoms with van der Waals surface area (Å²) in [5.74, 6) is -0.854. The molecule has 1 aliphatic rings. The van der Waals surface area contributed by atoms with Crippen LogP contribution >= 0.6 is 11.6 Å². The lowest BCUT2D eigenvalue weighted by atomic mass is 9.94. The Hall–Kier alpha value is -1.06. The molecule has 2 rings (SSSR count). The summed E-state index contributed by atoms with van der Waals surface area (Å²) in [6, 6.07) is 4.80. The lowest BCUT2D eigenvalue weighted by Crippen LogP contribution is -2.34. The van der Waals surface area contributed by atoms with Crippen molar-refractivity contribution < 1.29 is 9.90 Å². The van der Waals surface area contributed by atoms with Gasteiger partial charge in [-0.05, 0) is 29.7 Å². The molecule has 0 bridgehead atoms. The van der Waals surface area contributed by atoms with Crippen LogP contribution in [-0.4, -0.2) is 17.6 Å². The number of rotatable bonds is 1. The molecule has 74 valence electrons. The molecule has 0 aromatic heterocycles. The molecule has 0 aliphatic carbocycles. The van der Waals surface area contributed by atoms with Crippen molar-refractivity contribution in [1.29, 1.82) is 0 Å². The smallest absolute Gasteiger partial charge is 0.325 e. The summed E-state index contributed by atoms with van der Waals surface area (Å²) >= 11 is 5.83. The van der Waals surface area contributed by atoms with Gasteiger partial charge in [-0.1, -0.05) is 17.7 Å². The van der Waals surface area contributed by atoms with E-state index in [2.05, 4.69) is 5.32 Å². The van der Waals surface area contributed by atoms with Crippen molar-refractivity contribution in [3.05, 3.63) is 34.3 Å². The molecule has 1 aliphatic heterocycles. The van der Waals surface area contributed by atoms with Gasteiger partial charge in [0.15, 0.2) is 0 Å². The highest BCUT2D eigenvalue weighted by Gasteiger charge is 2.25. The van der Waals surface area contributed by atoms with Crippen molar-refractivity contribution in [3.8, 4) is 0 Å². The zero-order valence-corrected chi connectivity index (χ0v) is 8.21. The lowest BCUT2D eigenvalue weighted by molar-refractivity contribution is -0.139. The van der Waals surface area contributed by atoms with Gasteiger partial charge in [-0.3, -0.25) is 4.79 Å². The van der Waals surface area contributed by atoms with E-state index >= 15 is 0 Å². The van der Waals surface area contributed by atoms with Crippen LogP contribution in [0.1, 0.15) is 17.2 Å². The molecule has 0 amide bonds. The number of aliphatic carboxylic acids is 1. The SMILES string of the molecule is O=C(O)[C@H]1NCCc2ccc(Cl)cc21. The van der Waals surface area contributed by atoms with Crippen molar-refractivity contribution >= 4 is 17.6 Å². The molecule has 0 radical (unpaired) electrons. The standard InChI is InChI=1S/C10H10ClNO2/c11-7-2-1-6-3-4-12-9(10(13)14)8(6)5-7/h1-2,5,9,12H,3-4H2,(H,13,14)/t9-/m0/s1. The Labute approximate surface area is 86.7 Å². The second-order valence-electron chi connectivity index (χ2n) is 3.32. The Morgan fingerprint density at radius 1 is 1.57 bits per heavy atom. The van der Waals surface area contributed by atoms with Crippen molar-refractivity contribution in [2.75, 3.05) is 6.54 Å². The quantitative estimate of drug-likeness (QED) is 0.742. The van der Waals surface area contributed by atoms with E-state index in [1.165, 1.54) is 0 Å². The fourth-order valence-corrected chi connectivity index (χ4v) is 1.92. The number of carbonyl (C=O) groups is 1. The van der Waals surface area contributed by atoms with Gasteiger partial charge in [0.25, 0.3) is 0 Å². The van der Waals surface area contributed by atoms with Gasteiger partial charge in [0.2, 0.25) is 0 Å². The fraction of sp³-hybridized carbons (Fsp3) is 0.300. The van der Waals surface area contributed by atoms with Crippen molar-refractivity contribution in [2.45, 2.75) is 12.5 Å². The number of halogens is 1. The third kappa shape index (κ3) is 1.61. The molecule has 1 atom stereocenters. The summed E-state index contributed by atoms with van der Waals surface area (Å²) in [6.45, 7) is 0.700. The van der Waals surface area contributed by atoms with E-state index in [1.807, 2.05) is 6.07 Å². The summed E-state index contributed by atoms with van der Waals surface area (Å²) in [5.41, 5.74) is 1.86. The number of carboxylic acid groups (broad SMARTS) is 1. The third-order valence-corrected chi connectivity index (χ3v) is 2.64. The van der Waals surface area contributed by atoms with Crippen molar-refractivity contribution in [2.24, 2.45) is 0 Å². The predicted octanol–water partition coefficient (Wildman–Crippen LogP) is 1.61. The molecule has 3 nitrogen and oxygen atoms in total.